The quantitative estimate of drug-likeness (QED) is 0.758. The van der Waals surface area contributed by atoms with Crippen molar-refractivity contribution in [2.75, 3.05) is 13.8 Å². The summed E-state index contributed by atoms with van der Waals surface area (Å²) in [5, 5.41) is 0. The molecule has 0 heterocycles. The van der Waals surface area contributed by atoms with E-state index in [1.54, 1.807) is 12.3 Å². The van der Waals surface area contributed by atoms with Gasteiger partial charge in [-0.25, -0.2) is 4.39 Å². The van der Waals surface area contributed by atoms with Crippen molar-refractivity contribution in [3.05, 3.63) is 42.1 Å². The Kier molecular flexibility index (Phi) is 6.04. The van der Waals surface area contributed by atoms with Crippen molar-refractivity contribution in [3.8, 4) is 0 Å². The van der Waals surface area contributed by atoms with Crippen LogP contribution < -0.4 is 11.5 Å². The van der Waals surface area contributed by atoms with Gasteiger partial charge in [0.2, 0.25) is 0 Å². The number of allylic oxidation sites excluding steroid dienone is 1. The fourth-order valence-corrected chi connectivity index (χ4v) is 1.57. The summed E-state index contributed by atoms with van der Waals surface area (Å²) >= 11 is 0. The summed E-state index contributed by atoms with van der Waals surface area (Å²) in [6.45, 7) is -0.625. The summed E-state index contributed by atoms with van der Waals surface area (Å²) in [5.41, 5.74) is 12.4. The maximum absolute atomic E-state index is 12.5. The van der Waals surface area contributed by atoms with Crippen molar-refractivity contribution < 1.29 is 9.13 Å². The topological polar surface area (TPSA) is 73.6 Å². The zero-order chi connectivity index (χ0) is 13.4. The number of ether oxygens (including phenoxy) is 1. The van der Waals surface area contributed by atoms with Gasteiger partial charge in [0.05, 0.1) is 17.8 Å². The van der Waals surface area contributed by atoms with E-state index in [2.05, 4.69) is 4.99 Å². The molecule has 0 aliphatic carbocycles. The van der Waals surface area contributed by atoms with Gasteiger partial charge in [0, 0.05) is 13.3 Å². The standard InChI is InChI=1S/C13H18FN3O/c1-18-13(12(16)9-14)10-3-5-11(6-4-10)17-8-2-7-15/h2-8,12-13H,9,15-16H2,1H3/t12-,13?/m1/s1. The number of hydrogen-bond acceptors (Lipinski definition) is 4. The first-order valence-corrected chi connectivity index (χ1v) is 5.58. The van der Waals surface area contributed by atoms with Gasteiger partial charge in [0.15, 0.2) is 0 Å². The fraction of sp³-hybridized carbons (Fsp3) is 0.308. The number of aliphatic imine (C=N–C) groups is 1. The molecule has 0 aromatic heterocycles. The predicted molar refractivity (Wildman–Crippen MR) is 71.6 cm³/mol. The third-order valence-corrected chi connectivity index (χ3v) is 2.46. The molecule has 18 heavy (non-hydrogen) atoms. The van der Waals surface area contributed by atoms with Crippen LogP contribution in [0.2, 0.25) is 0 Å². The highest BCUT2D eigenvalue weighted by molar-refractivity contribution is 5.74. The molecule has 5 heteroatoms. The molecule has 0 amide bonds. The van der Waals surface area contributed by atoms with Crippen molar-refractivity contribution in [2.45, 2.75) is 12.1 Å². The Morgan fingerprint density at radius 1 is 1.39 bits per heavy atom. The van der Waals surface area contributed by atoms with Crippen molar-refractivity contribution in [1.29, 1.82) is 0 Å². The average molecular weight is 251 g/mol. The molecule has 0 radical (unpaired) electrons. The van der Waals surface area contributed by atoms with Gasteiger partial charge in [-0.2, -0.15) is 0 Å². The number of halogens is 1. The molecule has 0 saturated carbocycles. The van der Waals surface area contributed by atoms with Crippen molar-refractivity contribution in [2.24, 2.45) is 16.5 Å². The molecular weight excluding hydrogens is 233 g/mol. The van der Waals surface area contributed by atoms with E-state index < -0.39 is 18.8 Å². The minimum Gasteiger partial charge on any atom is -0.405 e. The summed E-state index contributed by atoms with van der Waals surface area (Å²) < 4.78 is 17.7. The van der Waals surface area contributed by atoms with Crippen molar-refractivity contribution >= 4 is 11.9 Å². The molecule has 1 rings (SSSR count). The Morgan fingerprint density at radius 2 is 2.06 bits per heavy atom. The molecule has 0 saturated heterocycles. The largest absolute Gasteiger partial charge is 0.405 e. The molecule has 0 aliphatic heterocycles. The van der Waals surface area contributed by atoms with Crippen LogP contribution in [0.5, 0.6) is 0 Å². The molecule has 1 aromatic carbocycles. The molecule has 0 aliphatic rings. The Labute approximate surface area is 106 Å². The van der Waals surface area contributed by atoms with Gasteiger partial charge in [0.25, 0.3) is 0 Å². The van der Waals surface area contributed by atoms with Crippen LogP contribution in [-0.4, -0.2) is 26.0 Å². The zero-order valence-corrected chi connectivity index (χ0v) is 10.3. The molecule has 98 valence electrons. The van der Waals surface area contributed by atoms with Crippen LogP contribution in [0.4, 0.5) is 10.1 Å². The van der Waals surface area contributed by atoms with E-state index in [9.17, 15) is 4.39 Å². The van der Waals surface area contributed by atoms with Gasteiger partial charge in [0.1, 0.15) is 6.67 Å². The lowest BCUT2D eigenvalue weighted by molar-refractivity contribution is 0.0721. The summed E-state index contributed by atoms with van der Waals surface area (Å²) in [7, 11) is 1.51. The Morgan fingerprint density at radius 3 is 2.56 bits per heavy atom. The molecule has 1 unspecified atom stereocenters. The maximum atomic E-state index is 12.5. The highest BCUT2D eigenvalue weighted by Crippen LogP contribution is 2.22. The Bertz CT molecular complexity index is 403. The lowest BCUT2D eigenvalue weighted by Gasteiger charge is -2.20. The first-order valence-electron chi connectivity index (χ1n) is 5.58. The van der Waals surface area contributed by atoms with E-state index in [-0.39, 0.29) is 0 Å². The molecular formula is C13H18FN3O. The molecule has 0 spiro atoms. The number of rotatable bonds is 6. The van der Waals surface area contributed by atoms with Crippen LogP contribution >= 0.6 is 0 Å². The fourth-order valence-electron chi connectivity index (χ4n) is 1.57. The number of hydrogen-bond donors (Lipinski definition) is 2. The highest BCUT2D eigenvalue weighted by atomic mass is 19.1. The lowest BCUT2D eigenvalue weighted by atomic mass is 10.0. The second-order valence-electron chi connectivity index (χ2n) is 3.73. The second-order valence-corrected chi connectivity index (χ2v) is 3.73. The third kappa shape index (κ3) is 3.94. The van der Waals surface area contributed by atoms with Crippen molar-refractivity contribution in [3.63, 3.8) is 0 Å². The summed E-state index contributed by atoms with van der Waals surface area (Å²) in [5.74, 6) is 0. The summed E-state index contributed by atoms with van der Waals surface area (Å²) in [4.78, 5) is 4.15. The third-order valence-electron chi connectivity index (χ3n) is 2.46. The van der Waals surface area contributed by atoms with Gasteiger partial charge in [-0.15, -0.1) is 0 Å². The molecule has 4 N–H and O–H groups in total. The second kappa shape index (κ2) is 7.58. The molecule has 2 atom stereocenters. The Hall–Kier alpha value is -1.72. The number of benzene rings is 1. The van der Waals surface area contributed by atoms with Gasteiger partial charge in [-0.3, -0.25) is 4.99 Å². The lowest BCUT2D eigenvalue weighted by Crippen LogP contribution is -2.31. The molecule has 0 fully saturated rings. The van der Waals surface area contributed by atoms with Gasteiger partial charge in [-0.05, 0) is 30.0 Å². The van der Waals surface area contributed by atoms with Crippen molar-refractivity contribution in [1.82, 2.24) is 0 Å². The van der Waals surface area contributed by atoms with Crippen LogP contribution in [-0.2, 0) is 4.74 Å². The van der Waals surface area contributed by atoms with E-state index in [1.165, 1.54) is 13.3 Å². The minimum absolute atomic E-state index is 0.447. The monoisotopic (exact) mass is 251 g/mol. The van der Waals surface area contributed by atoms with Gasteiger partial charge in [-0.1, -0.05) is 12.1 Å². The number of methoxy groups -OCH3 is 1. The average Bonchev–Trinajstić information content (AvgIpc) is 2.41. The smallest absolute Gasteiger partial charge is 0.107 e. The SMILES string of the molecule is COC(c1ccc(N=CC=CN)cc1)[C@H](N)CF. The van der Waals surface area contributed by atoms with Gasteiger partial charge >= 0.3 is 0 Å². The number of nitrogens with zero attached hydrogens (tertiary/aromatic N) is 1. The van der Waals surface area contributed by atoms with Crippen LogP contribution in [0.1, 0.15) is 11.7 Å². The maximum Gasteiger partial charge on any atom is 0.107 e. The first-order chi connectivity index (χ1) is 8.72. The van der Waals surface area contributed by atoms with Crippen LogP contribution in [0.3, 0.4) is 0 Å². The van der Waals surface area contributed by atoms with E-state index >= 15 is 0 Å². The van der Waals surface area contributed by atoms with E-state index in [0.717, 1.165) is 11.3 Å². The molecule has 4 nitrogen and oxygen atoms in total. The highest BCUT2D eigenvalue weighted by Gasteiger charge is 2.18. The van der Waals surface area contributed by atoms with Crippen LogP contribution in [0.25, 0.3) is 0 Å². The number of alkyl halides is 1. The van der Waals surface area contributed by atoms with E-state index in [1.807, 2.05) is 24.3 Å². The molecule has 0 bridgehead atoms. The van der Waals surface area contributed by atoms with Crippen LogP contribution in [0.15, 0.2) is 41.5 Å². The van der Waals surface area contributed by atoms with Crippen LogP contribution in [0, 0.1) is 0 Å². The Balaban J connectivity index is 2.80. The van der Waals surface area contributed by atoms with Gasteiger partial charge < -0.3 is 16.2 Å². The minimum atomic E-state index is -0.662. The van der Waals surface area contributed by atoms with E-state index in [4.69, 9.17) is 16.2 Å². The number of nitrogens with two attached hydrogens (primary N) is 2. The summed E-state index contributed by atoms with van der Waals surface area (Å²) in [6.07, 6.45) is 4.18. The normalized spacial score (nSPS) is 15.3. The summed E-state index contributed by atoms with van der Waals surface area (Å²) in [6, 6.07) is 6.61. The van der Waals surface area contributed by atoms with E-state index in [0.29, 0.717) is 0 Å². The first kappa shape index (κ1) is 14.3. The zero-order valence-electron chi connectivity index (χ0n) is 10.3. The predicted octanol–water partition coefficient (Wildman–Crippen LogP) is 1.85. The molecule has 1 aromatic rings.